The summed E-state index contributed by atoms with van der Waals surface area (Å²) in [6.45, 7) is 3.12. The van der Waals surface area contributed by atoms with Crippen molar-refractivity contribution in [1.82, 2.24) is 15.1 Å². The Bertz CT molecular complexity index is 1260. The Labute approximate surface area is 216 Å². The molecule has 0 spiro atoms. The number of carbonyl (C=O) groups excluding carboxylic acids is 2. The van der Waals surface area contributed by atoms with Crippen LogP contribution in [0.15, 0.2) is 84.9 Å². The van der Waals surface area contributed by atoms with E-state index in [-0.39, 0.29) is 11.6 Å². The molecule has 3 amide bonds. The van der Waals surface area contributed by atoms with Crippen LogP contribution in [0, 0.1) is 10.1 Å². The van der Waals surface area contributed by atoms with Crippen molar-refractivity contribution in [3.63, 3.8) is 0 Å². The number of hydrogen-bond donors (Lipinski definition) is 1. The number of likely N-dealkylation sites (tertiary alicyclic amines) is 1. The summed E-state index contributed by atoms with van der Waals surface area (Å²) < 4.78 is 0. The summed E-state index contributed by atoms with van der Waals surface area (Å²) in [4.78, 5) is 41.3. The van der Waals surface area contributed by atoms with E-state index in [1.807, 2.05) is 24.3 Å². The van der Waals surface area contributed by atoms with Crippen LogP contribution in [-0.4, -0.2) is 52.8 Å². The number of nitro groups is 1. The van der Waals surface area contributed by atoms with Gasteiger partial charge in [-0.05, 0) is 73.6 Å². The number of hydrogen-bond acceptors (Lipinski definition) is 5. The predicted molar refractivity (Wildman–Crippen MR) is 140 cm³/mol. The Balaban J connectivity index is 1.27. The average molecular weight is 499 g/mol. The van der Waals surface area contributed by atoms with E-state index in [0.29, 0.717) is 30.0 Å². The van der Waals surface area contributed by atoms with Crippen molar-refractivity contribution in [3.05, 3.63) is 112 Å². The van der Waals surface area contributed by atoms with Crippen molar-refractivity contribution in [2.45, 2.75) is 30.7 Å². The Morgan fingerprint density at radius 3 is 2.05 bits per heavy atom. The highest BCUT2D eigenvalue weighted by molar-refractivity contribution is 6.09. The average Bonchev–Trinajstić information content (AvgIpc) is 3.20. The van der Waals surface area contributed by atoms with Crippen molar-refractivity contribution in [1.29, 1.82) is 0 Å². The molecule has 190 valence electrons. The van der Waals surface area contributed by atoms with Crippen LogP contribution in [-0.2, 0) is 10.3 Å². The lowest BCUT2D eigenvalue weighted by Gasteiger charge is -2.32. The maximum atomic E-state index is 13.8. The molecular weight excluding hydrogens is 468 g/mol. The SMILES string of the molecule is O=C1NC(c2ccccc2)(c2ccc([N+](=O)[O-])cc2)C(=O)N1CCCN1CCC(c2ccccc2)CC1. The lowest BCUT2D eigenvalue weighted by atomic mass is 9.82. The Morgan fingerprint density at radius 1 is 0.838 bits per heavy atom. The molecule has 0 radical (unpaired) electrons. The van der Waals surface area contributed by atoms with Crippen molar-refractivity contribution < 1.29 is 14.5 Å². The molecule has 2 aliphatic heterocycles. The van der Waals surface area contributed by atoms with Gasteiger partial charge in [-0.25, -0.2) is 4.79 Å². The molecule has 1 unspecified atom stereocenters. The quantitative estimate of drug-likeness (QED) is 0.277. The fourth-order valence-corrected chi connectivity index (χ4v) is 5.53. The Hall–Kier alpha value is -4.04. The first-order valence-corrected chi connectivity index (χ1v) is 12.7. The van der Waals surface area contributed by atoms with E-state index in [2.05, 4.69) is 34.5 Å². The Kier molecular flexibility index (Phi) is 7.01. The molecular formula is C29H30N4O4. The first kappa shape index (κ1) is 24.6. The smallest absolute Gasteiger partial charge is 0.315 e. The minimum absolute atomic E-state index is 0.0726. The topological polar surface area (TPSA) is 95.8 Å². The van der Waals surface area contributed by atoms with Crippen LogP contribution in [0.3, 0.4) is 0 Å². The van der Waals surface area contributed by atoms with Crippen molar-refractivity contribution in [2.24, 2.45) is 0 Å². The van der Waals surface area contributed by atoms with Crippen LogP contribution in [0.1, 0.15) is 41.9 Å². The second-order valence-electron chi connectivity index (χ2n) is 9.69. The number of nitrogens with zero attached hydrogens (tertiary/aromatic N) is 3. The maximum absolute atomic E-state index is 13.8. The summed E-state index contributed by atoms with van der Waals surface area (Å²) in [7, 11) is 0. The van der Waals surface area contributed by atoms with Gasteiger partial charge in [-0.15, -0.1) is 0 Å². The summed E-state index contributed by atoms with van der Waals surface area (Å²) in [6, 6.07) is 25.0. The fraction of sp³-hybridized carbons (Fsp3) is 0.310. The molecule has 3 aromatic carbocycles. The molecule has 1 atom stereocenters. The fourth-order valence-electron chi connectivity index (χ4n) is 5.53. The van der Waals surface area contributed by atoms with Gasteiger partial charge >= 0.3 is 6.03 Å². The minimum Gasteiger partial charge on any atom is -0.315 e. The molecule has 37 heavy (non-hydrogen) atoms. The van der Waals surface area contributed by atoms with Gasteiger partial charge in [0.25, 0.3) is 11.6 Å². The van der Waals surface area contributed by atoms with Gasteiger partial charge in [0.05, 0.1) is 4.92 Å². The van der Waals surface area contributed by atoms with Gasteiger partial charge in [-0.1, -0.05) is 60.7 Å². The number of carbonyl (C=O) groups is 2. The summed E-state index contributed by atoms with van der Waals surface area (Å²) >= 11 is 0. The molecule has 0 aromatic heterocycles. The van der Waals surface area contributed by atoms with E-state index >= 15 is 0 Å². The number of nitro benzene ring substituents is 1. The van der Waals surface area contributed by atoms with Crippen LogP contribution >= 0.6 is 0 Å². The third-order valence-electron chi connectivity index (χ3n) is 7.54. The van der Waals surface area contributed by atoms with Crippen LogP contribution in [0.5, 0.6) is 0 Å². The van der Waals surface area contributed by atoms with E-state index in [0.717, 1.165) is 32.5 Å². The van der Waals surface area contributed by atoms with Gasteiger partial charge < -0.3 is 10.2 Å². The van der Waals surface area contributed by atoms with E-state index in [9.17, 15) is 19.7 Å². The monoisotopic (exact) mass is 498 g/mol. The van der Waals surface area contributed by atoms with Gasteiger partial charge in [0, 0.05) is 18.7 Å². The third kappa shape index (κ3) is 4.84. The first-order chi connectivity index (χ1) is 18.0. The van der Waals surface area contributed by atoms with Crippen LogP contribution in [0.2, 0.25) is 0 Å². The number of nitrogens with one attached hydrogen (secondary N) is 1. The number of urea groups is 1. The largest absolute Gasteiger partial charge is 0.325 e. The standard InChI is InChI=1S/C29H30N4O4/c34-27-29(24-10-5-2-6-11-24,25-12-14-26(15-13-25)33(36)37)30-28(35)32(27)19-7-18-31-20-16-23(17-21-31)22-8-3-1-4-9-22/h1-6,8-15,23H,7,16-21H2,(H,30,35). The second-order valence-corrected chi connectivity index (χ2v) is 9.69. The lowest BCUT2D eigenvalue weighted by molar-refractivity contribution is -0.384. The number of rotatable bonds is 8. The molecule has 8 nitrogen and oxygen atoms in total. The maximum Gasteiger partial charge on any atom is 0.325 e. The highest BCUT2D eigenvalue weighted by Gasteiger charge is 2.53. The van der Waals surface area contributed by atoms with Crippen molar-refractivity contribution in [2.75, 3.05) is 26.2 Å². The van der Waals surface area contributed by atoms with Gasteiger partial charge in [-0.2, -0.15) is 0 Å². The van der Waals surface area contributed by atoms with E-state index in [4.69, 9.17) is 0 Å². The molecule has 8 heteroatoms. The summed E-state index contributed by atoms with van der Waals surface area (Å²) in [6.07, 6.45) is 2.88. The lowest BCUT2D eigenvalue weighted by Crippen LogP contribution is -2.45. The van der Waals surface area contributed by atoms with Crippen LogP contribution in [0.25, 0.3) is 0 Å². The molecule has 2 heterocycles. The van der Waals surface area contributed by atoms with Crippen molar-refractivity contribution in [3.8, 4) is 0 Å². The van der Waals surface area contributed by atoms with Crippen molar-refractivity contribution >= 4 is 17.6 Å². The number of amides is 3. The van der Waals surface area contributed by atoms with Gasteiger partial charge in [-0.3, -0.25) is 19.8 Å². The zero-order chi connectivity index (χ0) is 25.8. The normalized spacial score (nSPS) is 20.7. The summed E-state index contributed by atoms with van der Waals surface area (Å²) in [5.74, 6) is 0.219. The minimum atomic E-state index is -1.42. The molecule has 3 aromatic rings. The molecule has 2 aliphatic rings. The summed E-state index contributed by atoms with van der Waals surface area (Å²) in [5, 5.41) is 14.1. The molecule has 5 rings (SSSR count). The Morgan fingerprint density at radius 2 is 1.43 bits per heavy atom. The molecule has 0 aliphatic carbocycles. The molecule has 1 N–H and O–H groups in total. The van der Waals surface area contributed by atoms with Gasteiger partial charge in [0.1, 0.15) is 0 Å². The predicted octanol–water partition coefficient (Wildman–Crippen LogP) is 4.66. The zero-order valence-corrected chi connectivity index (χ0v) is 20.6. The first-order valence-electron chi connectivity index (χ1n) is 12.7. The summed E-state index contributed by atoms with van der Waals surface area (Å²) in [5.41, 5.74) is 1.02. The second kappa shape index (κ2) is 10.5. The van der Waals surface area contributed by atoms with E-state index < -0.39 is 16.5 Å². The highest BCUT2D eigenvalue weighted by atomic mass is 16.6. The van der Waals surface area contributed by atoms with Crippen LogP contribution in [0.4, 0.5) is 10.5 Å². The van der Waals surface area contributed by atoms with Crippen LogP contribution < -0.4 is 5.32 Å². The number of benzene rings is 3. The highest BCUT2D eigenvalue weighted by Crippen LogP contribution is 2.37. The molecule has 0 bridgehead atoms. The number of imide groups is 1. The zero-order valence-electron chi connectivity index (χ0n) is 20.6. The number of piperidine rings is 1. The third-order valence-corrected chi connectivity index (χ3v) is 7.54. The molecule has 2 saturated heterocycles. The molecule has 0 saturated carbocycles. The number of non-ortho nitro benzene ring substituents is 1. The van der Waals surface area contributed by atoms with Gasteiger partial charge in [0.15, 0.2) is 5.54 Å². The van der Waals surface area contributed by atoms with E-state index in [1.54, 1.807) is 24.3 Å². The molecule has 2 fully saturated rings. The van der Waals surface area contributed by atoms with E-state index in [1.165, 1.54) is 22.6 Å². The van der Waals surface area contributed by atoms with Gasteiger partial charge in [0.2, 0.25) is 0 Å².